The summed E-state index contributed by atoms with van der Waals surface area (Å²) >= 11 is 0. The van der Waals surface area contributed by atoms with Gasteiger partial charge >= 0.3 is 0 Å². The molecule has 0 aliphatic carbocycles. The summed E-state index contributed by atoms with van der Waals surface area (Å²) in [6.07, 6.45) is 6.45. The molecule has 1 N–H and O–H groups in total. The lowest BCUT2D eigenvalue weighted by molar-refractivity contribution is 0.360. The molecule has 0 aromatic heterocycles. The normalized spacial score (nSPS) is 18.1. The van der Waals surface area contributed by atoms with E-state index in [1.807, 2.05) is 12.1 Å². The number of hydrogen-bond acceptors (Lipinski definition) is 3. The molecule has 16 heavy (non-hydrogen) atoms. The third-order valence-electron chi connectivity index (χ3n) is 2.79. The highest BCUT2D eigenvalue weighted by Crippen LogP contribution is 2.37. The van der Waals surface area contributed by atoms with Gasteiger partial charge in [0.05, 0.1) is 0 Å². The molecule has 0 spiro atoms. The molecule has 0 radical (unpaired) electrons. The Balaban J connectivity index is 2.04. The first-order valence-corrected chi connectivity index (χ1v) is 5.46. The number of benzene rings is 1. The lowest BCUT2D eigenvalue weighted by Crippen LogP contribution is -2.21. The molecule has 0 fully saturated rings. The molecule has 0 saturated carbocycles. The van der Waals surface area contributed by atoms with E-state index in [1.54, 1.807) is 12.5 Å². The van der Waals surface area contributed by atoms with Crippen molar-refractivity contribution < 1.29 is 9.47 Å². The highest BCUT2D eigenvalue weighted by atomic mass is 16.5. The fourth-order valence-electron chi connectivity index (χ4n) is 2.03. The van der Waals surface area contributed by atoms with E-state index in [2.05, 4.69) is 17.5 Å². The largest absolute Gasteiger partial charge is 0.458 e. The van der Waals surface area contributed by atoms with Crippen LogP contribution in [0.3, 0.4) is 0 Å². The number of hydrogen-bond donors (Lipinski definition) is 1. The van der Waals surface area contributed by atoms with Crippen molar-refractivity contribution in [2.45, 2.75) is 6.42 Å². The van der Waals surface area contributed by atoms with Gasteiger partial charge in [-0.15, -0.1) is 0 Å². The fourth-order valence-corrected chi connectivity index (χ4v) is 2.03. The van der Waals surface area contributed by atoms with Crippen molar-refractivity contribution in [2.75, 3.05) is 13.1 Å². The minimum Gasteiger partial charge on any atom is -0.458 e. The second-order valence-electron chi connectivity index (χ2n) is 3.84. The topological polar surface area (TPSA) is 30.5 Å². The van der Waals surface area contributed by atoms with E-state index >= 15 is 0 Å². The van der Waals surface area contributed by atoms with Crippen LogP contribution in [0.5, 0.6) is 11.5 Å². The predicted molar refractivity (Wildman–Crippen MR) is 62.3 cm³/mol. The SMILES string of the molecule is C1=COc2c(cccc2C2=CCCNC2)O1. The summed E-state index contributed by atoms with van der Waals surface area (Å²) in [6, 6.07) is 5.98. The minimum absolute atomic E-state index is 0.784. The molecule has 2 aliphatic heterocycles. The Morgan fingerprint density at radius 3 is 2.94 bits per heavy atom. The van der Waals surface area contributed by atoms with Gasteiger partial charge in [-0.05, 0) is 24.6 Å². The lowest BCUT2D eigenvalue weighted by Gasteiger charge is -2.20. The molecule has 1 aromatic carbocycles. The number of fused-ring (bicyclic) bond motifs is 1. The average Bonchev–Trinajstić information content (AvgIpc) is 2.39. The molecule has 3 nitrogen and oxygen atoms in total. The summed E-state index contributed by atoms with van der Waals surface area (Å²) in [5.74, 6) is 1.60. The monoisotopic (exact) mass is 215 g/mol. The second-order valence-corrected chi connectivity index (χ2v) is 3.84. The highest BCUT2D eigenvalue weighted by Gasteiger charge is 2.16. The molecular formula is C13H13NO2. The molecule has 82 valence electrons. The van der Waals surface area contributed by atoms with Gasteiger partial charge in [-0.25, -0.2) is 0 Å². The van der Waals surface area contributed by atoms with Crippen LogP contribution < -0.4 is 14.8 Å². The number of rotatable bonds is 1. The summed E-state index contributed by atoms with van der Waals surface area (Å²) in [4.78, 5) is 0. The van der Waals surface area contributed by atoms with E-state index in [0.717, 1.165) is 36.6 Å². The third-order valence-corrected chi connectivity index (χ3v) is 2.79. The van der Waals surface area contributed by atoms with E-state index in [0.29, 0.717) is 0 Å². The van der Waals surface area contributed by atoms with Crippen molar-refractivity contribution in [3.05, 3.63) is 42.4 Å². The van der Waals surface area contributed by atoms with Gasteiger partial charge in [-0.3, -0.25) is 0 Å². The van der Waals surface area contributed by atoms with Gasteiger partial charge in [0.2, 0.25) is 0 Å². The summed E-state index contributed by atoms with van der Waals surface area (Å²) in [5, 5.41) is 3.36. The Bertz CT molecular complexity index is 463. The van der Waals surface area contributed by atoms with Crippen LogP contribution in [0.15, 0.2) is 36.8 Å². The van der Waals surface area contributed by atoms with Crippen LogP contribution in [0.25, 0.3) is 5.57 Å². The predicted octanol–water partition coefficient (Wildman–Crippen LogP) is 2.31. The van der Waals surface area contributed by atoms with Crippen molar-refractivity contribution in [3.63, 3.8) is 0 Å². The van der Waals surface area contributed by atoms with Crippen molar-refractivity contribution in [1.29, 1.82) is 0 Å². The summed E-state index contributed by atoms with van der Waals surface area (Å²) < 4.78 is 10.9. The molecule has 0 unspecified atom stereocenters. The molecule has 3 rings (SSSR count). The maximum Gasteiger partial charge on any atom is 0.176 e. The zero-order valence-corrected chi connectivity index (χ0v) is 8.90. The Kier molecular flexibility index (Phi) is 2.38. The molecule has 2 heterocycles. The zero-order chi connectivity index (χ0) is 10.8. The van der Waals surface area contributed by atoms with Gasteiger partial charge in [0, 0.05) is 12.1 Å². The summed E-state index contributed by atoms with van der Waals surface area (Å²) in [7, 11) is 0. The van der Waals surface area contributed by atoms with Gasteiger partial charge < -0.3 is 14.8 Å². The number of para-hydroxylation sites is 1. The minimum atomic E-state index is 0.784. The first kappa shape index (κ1) is 9.48. The molecule has 0 atom stereocenters. The zero-order valence-electron chi connectivity index (χ0n) is 8.90. The van der Waals surface area contributed by atoms with Crippen LogP contribution in [0.2, 0.25) is 0 Å². The second kappa shape index (κ2) is 4.02. The van der Waals surface area contributed by atoms with Crippen molar-refractivity contribution in [1.82, 2.24) is 5.32 Å². The van der Waals surface area contributed by atoms with Crippen LogP contribution in [0.1, 0.15) is 12.0 Å². The Labute approximate surface area is 94.4 Å². The van der Waals surface area contributed by atoms with E-state index in [-0.39, 0.29) is 0 Å². The number of nitrogens with one attached hydrogen (secondary N) is 1. The van der Waals surface area contributed by atoms with Crippen molar-refractivity contribution in [2.24, 2.45) is 0 Å². The fraction of sp³-hybridized carbons (Fsp3) is 0.231. The van der Waals surface area contributed by atoms with E-state index in [1.165, 1.54) is 5.57 Å². The Hall–Kier alpha value is -1.74. The summed E-state index contributed by atoms with van der Waals surface area (Å²) in [6.45, 7) is 1.94. The van der Waals surface area contributed by atoms with Crippen LogP contribution in [-0.2, 0) is 0 Å². The molecule has 1 aromatic rings. The van der Waals surface area contributed by atoms with Gasteiger partial charge in [0.1, 0.15) is 12.5 Å². The van der Waals surface area contributed by atoms with Gasteiger partial charge in [-0.1, -0.05) is 18.2 Å². The van der Waals surface area contributed by atoms with Gasteiger partial charge in [0.25, 0.3) is 0 Å². The van der Waals surface area contributed by atoms with Crippen LogP contribution in [-0.4, -0.2) is 13.1 Å². The summed E-state index contributed by atoms with van der Waals surface area (Å²) in [5.41, 5.74) is 2.40. The van der Waals surface area contributed by atoms with Crippen LogP contribution >= 0.6 is 0 Å². The standard InChI is InChI=1S/C13H13NO2/c1-4-11(10-3-2-6-14-9-10)13-12(5-1)15-7-8-16-13/h1,3-5,7-8,14H,2,6,9H2. The lowest BCUT2D eigenvalue weighted by atomic mass is 10.0. The first-order valence-electron chi connectivity index (χ1n) is 5.46. The molecule has 2 aliphatic rings. The average molecular weight is 215 g/mol. The Morgan fingerprint density at radius 1 is 1.12 bits per heavy atom. The van der Waals surface area contributed by atoms with Crippen molar-refractivity contribution in [3.8, 4) is 11.5 Å². The maximum atomic E-state index is 5.53. The molecule has 3 heteroatoms. The molecule has 0 amide bonds. The smallest absolute Gasteiger partial charge is 0.176 e. The van der Waals surface area contributed by atoms with Gasteiger partial charge in [0.15, 0.2) is 11.5 Å². The highest BCUT2D eigenvalue weighted by molar-refractivity contribution is 5.75. The van der Waals surface area contributed by atoms with Gasteiger partial charge in [-0.2, -0.15) is 0 Å². The van der Waals surface area contributed by atoms with E-state index < -0.39 is 0 Å². The molecule has 0 saturated heterocycles. The van der Waals surface area contributed by atoms with E-state index in [4.69, 9.17) is 9.47 Å². The third kappa shape index (κ3) is 1.59. The Morgan fingerprint density at radius 2 is 2.06 bits per heavy atom. The van der Waals surface area contributed by atoms with Crippen LogP contribution in [0.4, 0.5) is 0 Å². The quantitative estimate of drug-likeness (QED) is 0.779. The molecule has 0 bridgehead atoms. The first-order chi connectivity index (χ1) is 7.95. The van der Waals surface area contributed by atoms with E-state index in [9.17, 15) is 0 Å². The number of ether oxygens (including phenoxy) is 2. The van der Waals surface area contributed by atoms with Crippen molar-refractivity contribution >= 4 is 5.57 Å². The van der Waals surface area contributed by atoms with Crippen LogP contribution in [0, 0.1) is 0 Å². The maximum absolute atomic E-state index is 5.53. The molecular weight excluding hydrogens is 202 g/mol.